The lowest BCUT2D eigenvalue weighted by molar-refractivity contribution is 0.0231. The largest absolute Gasteiger partial charge is 0.444 e. The van der Waals surface area contributed by atoms with E-state index in [9.17, 15) is 4.79 Å². The van der Waals surface area contributed by atoms with Crippen LogP contribution in [-0.2, 0) is 4.74 Å². The molecule has 0 spiro atoms. The Hall–Kier alpha value is -1.72. The van der Waals surface area contributed by atoms with E-state index in [2.05, 4.69) is 9.97 Å². The van der Waals surface area contributed by atoms with Crippen LogP contribution in [-0.4, -0.2) is 33.6 Å². The van der Waals surface area contributed by atoms with Gasteiger partial charge in [-0.1, -0.05) is 0 Å². The van der Waals surface area contributed by atoms with Gasteiger partial charge in [-0.05, 0) is 27.7 Å². The first-order chi connectivity index (χ1) is 7.70. The van der Waals surface area contributed by atoms with Crippen molar-refractivity contribution in [3.63, 3.8) is 0 Å². The molecule has 0 aliphatic heterocycles. The van der Waals surface area contributed by atoms with Crippen molar-refractivity contribution >= 4 is 12.0 Å². The summed E-state index contributed by atoms with van der Waals surface area (Å²) in [5.41, 5.74) is 5.77. The van der Waals surface area contributed by atoms with Crippen LogP contribution in [0.25, 0.3) is 0 Å². The average molecular weight is 240 g/mol. The first-order valence-electron chi connectivity index (χ1n) is 5.47. The van der Waals surface area contributed by atoms with Gasteiger partial charge in [-0.15, -0.1) is 0 Å². The highest BCUT2D eigenvalue weighted by atomic mass is 16.6. The summed E-state index contributed by atoms with van der Waals surface area (Å²) in [6.45, 7) is 7.36. The van der Waals surface area contributed by atoms with Gasteiger partial charge in [0, 0.05) is 7.05 Å². The molecule has 0 aliphatic rings. The third kappa shape index (κ3) is 3.65. The number of nitrogens with zero attached hydrogens (tertiary/aromatic N) is 2. The molecule has 1 atom stereocenters. The van der Waals surface area contributed by atoms with Crippen LogP contribution >= 0.6 is 0 Å². The molecule has 0 bridgehead atoms. The van der Waals surface area contributed by atoms with Crippen molar-refractivity contribution in [2.45, 2.75) is 39.3 Å². The van der Waals surface area contributed by atoms with E-state index in [1.165, 1.54) is 4.90 Å². The van der Waals surface area contributed by atoms with Crippen LogP contribution < -0.4 is 5.73 Å². The maximum Gasteiger partial charge on any atom is 0.410 e. The summed E-state index contributed by atoms with van der Waals surface area (Å²) in [6.07, 6.45) is 1.24. The third-order valence-corrected chi connectivity index (χ3v) is 2.33. The zero-order chi connectivity index (χ0) is 13.2. The van der Waals surface area contributed by atoms with Crippen LogP contribution in [0.3, 0.4) is 0 Å². The number of hydrogen-bond acceptors (Lipinski definition) is 4. The number of carbonyl (C=O) groups is 1. The minimum Gasteiger partial charge on any atom is -0.444 e. The number of H-pyrrole nitrogens is 1. The van der Waals surface area contributed by atoms with E-state index >= 15 is 0 Å². The molecule has 3 N–H and O–H groups in total. The molecular formula is C11H20N4O2. The molecule has 6 nitrogen and oxygen atoms in total. The molecule has 0 saturated heterocycles. The van der Waals surface area contributed by atoms with Crippen molar-refractivity contribution in [3.05, 3.63) is 11.9 Å². The van der Waals surface area contributed by atoms with Gasteiger partial charge in [0.1, 0.15) is 5.60 Å². The molecule has 1 amide bonds. The summed E-state index contributed by atoms with van der Waals surface area (Å²) < 4.78 is 5.27. The van der Waals surface area contributed by atoms with Gasteiger partial charge < -0.3 is 20.4 Å². The molecule has 0 aromatic carbocycles. The molecule has 0 aliphatic carbocycles. The number of anilines is 1. The number of nitrogens with two attached hydrogens (primary N) is 1. The Labute approximate surface area is 101 Å². The fraction of sp³-hybridized carbons (Fsp3) is 0.636. The van der Waals surface area contributed by atoms with Crippen molar-refractivity contribution in [3.8, 4) is 0 Å². The average Bonchev–Trinajstić information content (AvgIpc) is 2.60. The highest BCUT2D eigenvalue weighted by Gasteiger charge is 2.24. The van der Waals surface area contributed by atoms with Crippen molar-refractivity contribution in [1.82, 2.24) is 14.9 Å². The zero-order valence-corrected chi connectivity index (χ0v) is 10.9. The smallest absolute Gasteiger partial charge is 0.410 e. The molecule has 0 radical (unpaired) electrons. The van der Waals surface area contributed by atoms with Crippen LogP contribution in [0.5, 0.6) is 0 Å². The van der Waals surface area contributed by atoms with Gasteiger partial charge in [0.15, 0.2) is 5.95 Å². The van der Waals surface area contributed by atoms with Crippen LogP contribution in [0.2, 0.25) is 0 Å². The maximum absolute atomic E-state index is 11.8. The summed E-state index contributed by atoms with van der Waals surface area (Å²) in [5, 5.41) is 0. The minimum atomic E-state index is -0.502. The van der Waals surface area contributed by atoms with Gasteiger partial charge in [-0.3, -0.25) is 0 Å². The summed E-state index contributed by atoms with van der Waals surface area (Å²) in [6, 6.07) is -0.172. The fourth-order valence-corrected chi connectivity index (χ4v) is 1.26. The number of carbonyl (C=O) groups excluding carboxylic acids is 1. The Morgan fingerprint density at radius 3 is 2.59 bits per heavy atom. The summed E-state index contributed by atoms with van der Waals surface area (Å²) in [7, 11) is 1.68. The monoisotopic (exact) mass is 240 g/mol. The van der Waals surface area contributed by atoms with E-state index in [4.69, 9.17) is 10.5 Å². The number of nitrogen functional groups attached to an aromatic ring is 1. The van der Waals surface area contributed by atoms with E-state index in [1.54, 1.807) is 13.2 Å². The number of imidazole rings is 1. The number of ether oxygens (including phenoxy) is 1. The maximum atomic E-state index is 11.8. The van der Waals surface area contributed by atoms with Crippen LogP contribution in [0.4, 0.5) is 10.7 Å². The van der Waals surface area contributed by atoms with Crippen molar-refractivity contribution in [2.24, 2.45) is 0 Å². The topological polar surface area (TPSA) is 84.2 Å². The Balaban J connectivity index is 2.70. The van der Waals surface area contributed by atoms with Gasteiger partial charge in [0.25, 0.3) is 0 Å². The number of nitrogens with one attached hydrogen (secondary N) is 1. The number of rotatable bonds is 2. The molecule has 1 unspecified atom stereocenters. The predicted octanol–water partition coefficient (Wildman–Crippen LogP) is 1.92. The SMILES string of the molecule is CC(c1cnc(N)[nH]1)N(C)C(=O)OC(C)(C)C. The Morgan fingerprint density at radius 2 is 2.18 bits per heavy atom. The van der Waals surface area contributed by atoms with E-state index in [0.29, 0.717) is 5.95 Å². The lowest BCUT2D eigenvalue weighted by Crippen LogP contribution is -2.35. The number of amides is 1. The summed E-state index contributed by atoms with van der Waals surface area (Å²) in [4.78, 5) is 20.1. The second-order valence-corrected chi connectivity index (χ2v) is 4.99. The minimum absolute atomic E-state index is 0.172. The van der Waals surface area contributed by atoms with Gasteiger partial charge in [0.05, 0.1) is 17.9 Å². The Bertz CT molecular complexity index is 394. The Morgan fingerprint density at radius 1 is 1.59 bits per heavy atom. The summed E-state index contributed by atoms with van der Waals surface area (Å²) in [5.74, 6) is 0.337. The number of hydrogen-bond donors (Lipinski definition) is 2. The van der Waals surface area contributed by atoms with E-state index in [1.807, 2.05) is 27.7 Å². The van der Waals surface area contributed by atoms with Crippen molar-refractivity contribution in [2.75, 3.05) is 12.8 Å². The lowest BCUT2D eigenvalue weighted by Gasteiger charge is -2.28. The van der Waals surface area contributed by atoms with Crippen molar-refractivity contribution in [1.29, 1.82) is 0 Å². The molecule has 17 heavy (non-hydrogen) atoms. The van der Waals surface area contributed by atoms with E-state index < -0.39 is 5.60 Å². The fourth-order valence-electron chi connectivity index (χ4n) is 1.26. The normalized spacial score (nSPS) is 13.2. The van der Waals surface area contributed by atoms with Crippen LogP contribution in [0.15, 0.2) is 6.20 Å². The van der Waals surface area contributed by atoms with Gasteiger partial charge in [-0.2, -0.15) is 0 Å². The van der Waals surface area contributed by atoms with E-state index in [0.717, 1.165) is 5.69 Å². The Kier molecular flexibility index (Phi) is 3.65. The number of aromatic amines is 1. The highest BCUT2D eigenvalue weighted by molar-refractivity contribution is 5.68. The van der Waals surface area contributed by atoms with Gasteiger partial charge in [0.2, 0.25) is 0 Å². The molecule has 0 fully saturated rings. The lowest BCUT2D eigenvalue weighted by atomic mass is 10.2. The van der Waals surface area contributed by atoms with Gasteiger partial charge >= 0.3 is 6.09 Å². The second-order valence-electron chi connectivity index (χ2n) is 4.99. The molecule has 0 saturated carbocycles. The zero-order valence-electron chi connectivity index (χ0n) is 10.9. The van der Waals surface area contributed by atoms with Gasteiger partial charge in [-0.25, -0.2) is 9.78 Å². The molecule has 1 aromatic heterocycles. The first kappa shape index (κ1) is 13.3. The summed E-state index contributed by atoms with van der Waals surface area (Å²) >= 11 is 0. The van der Waals surface area contributed by atoms with Crippen LogP contribution in [0.1, 0.15) is 39.4 Å². The standard InChI is InChI=1S/C11H20N4O2/c1-7(8-6-13-9(12)14-8)15(5)10(16)17-11(2,3)4/h6-7H,1-5H3,(H3,12,13,14). The second kappa shape index (κ2) is 4.65. The van der Waals surface area contributed by atoms with Crippen molar-refractivity contribution < 1.29 is 9.53 Å². The quantitative estimate of drug-likeness (QED) is 0.827. The van der Waals surface area contributed by atoms with Crippen LogP contribution in [0, 0.1) is 0 Å². The molecular weight excluding hydrogens is 220 g/mol. The molecule has 96 valence electrons. The highest BCUT2D eigenvalue weighted by Crippen LogP contribution is 2.19. The predicted molar refractivity (Wildman–Crippen MR) is 65.4 cm³/mol. The van der Waals surface area contributed by atoms with E-state index in [-0.39, 0.29) is 12.1 Å². The molecule has 1 heterocycles. The molecule has 6 heteroatoms. The number of aromatic nitrogens is 2. The third-order valence-electron chi connectivity index (χ3n) is 2.33. The first-order valence-corrected chi connectivity index (χ1v) is 5.47. The molecule has 1 aromatic rings. The molecule has 1 rings (SSSR count).